The molecule has 3 aromatic rings. The standard InChI is InChI=1S/C14H7Cl2FN2OS/c15-10-3-1-2-4-12(10)19-14(21)20-13(18-19)9-6-5-8(17)7-11(9)16/h1-7H. The van der Waals surface area contributed by atoms with E-state index in [2.05, 4.69) is 5.10 Å². The average molecular weight is 341 g/mol. The molecule has 0 unspecified atom stereocenters. The first-order chi connectivity index (χ1) is 10.1. The maximum atomic E-state index is 13.1. The Morgan fingerprint density at radius 3 is 2.57 bits per heavy atom. The fourth-order valence-corrected chi connectivity index (χ4v) is 2.51. The molecule has 1 aromatic heterocycles. The molecule has 0 aliphatic heterocycles. The third-order valence-corrected chi connectivity index (χ3v) is 3.68. The number of nitrogens with zero attached hydrogens (tertiary/aromatic N) is 2. The molecule has 0 saturated heterocycles. The van der Waals surface area contributed by atoms with Gasteiger partial charge in [0.25, 0.3) is 4.84 Å². The van der Waals surface area contributed by atoms with E-state index in [1.807, 2.05) is 6.07 Å². The second-order valence-corrected chi connectivity index (χ2v) is 5.32. The number of aromatic nitrogens is 2. The van der Waals surface area contributed by atoms with Gasteiger partial charge in [0.1, 0.15) is 5.82 Å². The molecule has 0 bridgehead atoms. The van der Waals surface area contributed by atoms with E-state index >= 15 is 0 Å². The van der Waals surface area contributed by atoms with Crippen molar-refractivity contribution in [1.82, 2.24) is 9.78 Å². The Morgan fingerprint density at radius 1 is 1.10 bits per heavy atom. The Hall–Kier alpha value is -1.69. The number of hydrogen-bond acceptors (Lipinski definition) is 3. The first-order valence-electron chi connectivity index (χ1n) is 5.87. The van der Waals surface area contributed by atoms with Crippen LogP contribution >= 0.6 is 35.4 Å². The van der Waals surface area contributed by atoms with Gasteiger partial charge in [0.05, 0.1) is 21.3 Å². The van der Waals surface area contributed by atoms with Crippen molar-refractivity contribution in [3.05, 3.63) is 63.2 Å². The average Bonchev–Trinajstić information content (AvgIpc) is 2.81. The molecule has 0 aliphatic rings. The van der Waals surface area contributed by atoms with Crippen molar-refractivity contribution in [2.24, 2.45) is 0 Å². The molecule has 0 spiro atoms. The summed E-state index contributed by atoms with van der Waals surface area (Å²) in [6.45, 7) is 0. The molecule has 0 radical (unpaired) electrons. The fourth-order valence-electron chi connectivity index (χ4n) is 1.83. The Balaban J connectivity index is 2.14. The van der Waals surface area contributed by atoms with E-state index in [4.69, 9.17) is 39.8 Å². The van der Waals surface area contributed by atoms with E-state index < -0.39 is 5.82 Å². The van der Waals surface area contributed by atoms with Crippen molar-refractivity contribution in [3.63, 3.8) is 0 Å². The third-order valence-electron chi connectivity index (χ3n) is 2.79. The Kier molecular flexibility index (Phi) is 3.80. The molecule has 1 heterocycles. The van der Waals surface area contributed by atoms with Gasteiger partial charge in [-0.1, -0.05) is 35.3 Å². The van der Waals surface area contributed by atoms with E-state index in [-0.39, 0.29) is 15.8 Å². The second kappa shape index (κ2) is 5.60. The predicted octanol–water partition coefficient (Wildman–Crippen LogP) is 5.31. The minimum Gasteiger partial charge on any atom is -0.409 e. The van der Waals surface area contributed by atoms with Gasteiger partial charge in [-0.2, -0.15) is 4.68 Å². The monoisotopic (exact) mass is 340 g/mol. The van der Waals surface area contributed by atoms with Crippen LogP contribution in [0.4, 0.5) is 4.39 Å². The van der Waals surface area contributed by atoms with Gasteiger partial charge in [-0.25, -0.2) is 4.39 Å². The van der Waals surface area contributed by atoms with Crippen LogP contribution in [0.1, 0.15) is 0 Å². The van der Waals surface area contributed by atoms with Crippen molar-refractivity contribution >= 4 is 35.4 Å². The summed E-state index contributed by atoms with van der Waals surface area (Å²) in [7, 11) is 0. The third kappa shape index (κ3) is 2.72. The first kappa shape index (κ1) is 14.3. The zero-order chi connectivity index (χ0) is 15.0. The first-order valence-corrected chi connectivity index (χ1v) is 7.03. The molecule has 3 nitrogen and oxygen atoms in total. The van der Waals surface area contributed by atoms with Crippen LogP contribution in [0.15, 0.2) is 46.9 Å². The van der Waals surface area contributed by atoms with Gasteiger partial charge in [0.15, 0.2) is 0 Å². The highest BCUT2D eigenvalue weighted by Gasteiger charge is 2.14. The lowest BCUT2D eigenvalue weighted by Crippen LogP contribution is -1.97. The van der Waals surface area contributed by atoms with Crippen LogP contribution in [0, 0.1) is 10.7 Å². The minimum absolute atomic E-state index is 0.124. The number of benzene rings is 2. The maximum Gasteiger partial charge on any atom is 0.292 e. The highest BCUT2D eigenvalue weighted by Crippen LogP contribution is 2.29. The van der Waals surface area contributed by atoms with Crippen LogP contribution in [-0.4, -0.2) is 9.78 Å². The molecule has 2 aromatic carbocycles. The molecular weight excluding hydrogens is 334 g/mol. The number of halogens is 3. The zero-order valence-corrected chi connectivity index (χ0v) is 12.7. The van der Waals surface area contributed by atoms with Gasteiger partial charge in [-0.05, 0) is 42.5 Å². The van der Waals surface area contributed by atoms with Crippen LogP contribution < -0.4 is 0 Å². The Bertz CT molecular complexity index is 875. The second-order valence-electron chi connectivity index (χ2n) is 4.16. The fraction of sp³-hybridized carbons (Fsp3) is 0. The summed E-state index contributed by atoms with van der Waals surface area (Å²) in [5.41, 5.74) is 1.05. The van der Waals surface area contributed by atoms with Crippen LogP contribution in [0.25, 0.3) is 17.1 Å². The van der Waals surface area contributed by atoms with Crippen molar-refractivity contribution in [2.45, 2.75) is 0 Å². The molecule has 106 valence electrons. The summed E-state index contributed by atoms with van der Waals surface area (Å²) in [5.74, 6) is -0.238. The summed E-state index contributed by atoms with van der Waals surface area (Å²) in [6.07, 6.45) is 0. The molecule has 0 saturated carbocycles. The number of hydrogen-bond donors (Lipinski definition) is 0. The van der Waals surface area contributed by atoms with E-state index in [0.29, 0.717) is 16.3 Å². The smallest absolute Gasteiger partial charge is 0.292 e. The predicted molar refractivity (Wildman–Crippen MR) is 82.1 cm³/mol. The van der Waals surface area contributed by atoms with E-state index in [9.17, 15) is 4.39 Å². The summed E-state index contributed by atoms with van der Waals surface area (Å²) >= 11 is 17.2. The van der Waals surface area contributed by atoms with Crippen LogP contribution in [0.2, 0.25) is 10.0 Å². The molecular formula is C14H7Cl2FN2OS. The van der Waals surface area contributed by atoms with Crippen LogP contribution in [-0.2, 0) is 0 Å². The molecule has 0 fully saturated rings. The van der Waals surface area contributed by atoms with Gasteiger partial charge in [0, 0.05) is 0 Å². The highest BCUT2D eigenvalue weighted by atomic mass is 35.5. The molecule has 7 heteroatoms. The molecule has 3 rings (SSSR count). The number of para-hydroxylation sites is 1. The van der Waals surface area contributed by atoms with Crippen molar-refractivity contribution in [1.29, 1.82) is 0 Å². The Morgan fingerprint density at radius 2 is 1.86 bits per heavy atom. The van der Waals surface area contributed by atoms with Crippen molar-refractivity contribution < 1.29 is 8.81 Å². The van der Waals surface area contributed by atoms with Crippen LogP contribution in [0.3, 0.4) is 0 Å². The van der Waals surface area contributed by atoms with E-state index in [0.717, 1.165) is 0 Å². The van der Waals surface area contributed by atoms with Gasteiger partial charge in [-0.3, -0.25) is 0 Å². The van der Waals surface area contributed by atoms with Gasteiger partial charge >= 0.3 is 0 Å². The van der Waals surface area contributed by atoms with Gasteiger partial charge in [-0.15, -0.1) is 5.10 Å². The SMILES string of the molecule is Fc1ccc(-c2nn(-c3ccccc3Cl)c(=S)o2)c(Cl)c1. The molecule has 0 N–H and O–H groups in total. The van der Waals surface area contributed by atoms with Crippen LogP contribution in [0.5, 0.6) is 0 Å². The molecule has 21 heavy (non-hydrogen) atoms. The highest BCUT2D eigenvalue weighted by molar-refractivity contribution is 7.71. The molecule has 0 atom stereocenters. The summed E-state index contributed by atoms with van der Waals surface area (Å²) in [4.78, 5) is 0.124. The van der Waals surface area contributed by atoms with Crippen molar-refractivity contribution in [2.75, 3.05) is 0 Å². The summed E-state index contributed by atoms with van der Waals surface area (Å²) in [6, 6.07) is 11.0. The summed E-state index contributed by atoms with van der Waals surface area (Å²) < 4.78 is 19.9. The summed E-state index contributed by atoms with van der Waals surface area (Å²) in [5, 5.41) is 4.93. The molecule has 0 amide bonds. The topological polar surface area (TPSA) is 31.0 Å². The Labute approximate surface area is 134 Å². The lowest BCUT2D eigenvalue weighted by Gasteiger charge is -2.01. The van der Waals surface area contributed by atoms with Gasteiger partial charge in [0.2, 0.25) is 5.89 Å². The lowest BCUT2D eigenvalue weighted by molar-refractivity contribution is 0.543. The largest absolute Gasteiger partial charge is 0.409 e. The number of rotatable bonds is 2. The molecule has 0 aliphatic carbocycles. The van der Waals surface area contributed by atoms with E-state index in [1.54, 1.807) is 18.2 Å². The maximum absolute atomic E-state index is 13.1. The normalized spacial score (nSPS) is 10.8. The van der Waals surface area contributed by atoms with Gasteiger partial charge < -0.3 is 4.42 Å². The van der Waals surface area contributed by atoms with E-state index in [1.165, 1.54) is 22.9 Å². The van der Waals surface area contributed by atoms with Crippen molar-refractivity contribution in [3.8, 4) is 17.1 Å². The quantitative estimate of drug-likeness (QED) is 0.592. The lowest BCUT2D eigenvalue weighted by atomic mass is 10.2. The zero-order valence-electron chi connectivity index (χ0n) is 10.4. The minimum atomic E-state index is -0.437.